The van der Waals surface area contributed by atoms with Gasteiger partial charge in [-0.15, -0.1) is 0 Å². The van der Waals surface area contributed by atoms with Crippen LogP contribution >= 0.6 is 191 Å². The molecule has 18 rings (SSSR count). The molecule has 0 saturated heterocycles. The zero-order valence-corrected chi connectivity index (χ0v) is 64.4. The molecule has 0 saturated carbocycles. The number of fused-ring (bicyclic) bond motifs is 18. The van der Waals surface area contributed by atoms with Crippen LogP contribution in [0.2, 0.25) is 0 Å². The topological polar surface area (TPSA) is 0 Å². The molecule has 12 aromatic rings. The van der Waals surface area contributed by atoms with Crippen molar-refractivity contribution in [2.45, 2.75) is 21.7 Å². The lowest BCUT2D eigenvalue weighted by Gasteiger charge is -2.62. The first-order valence-corrected chi connectivity index (χ1v) is 37.6. The van der Waals surface area contributed by atoms with Crippen LogP contribution in [0, 0.1) is 0 Å². The SMILES string of the molecule is Brc1ccc2c(c1)C13c4cc(Br)ccc4-c4ccc(Br)cc4C1(c1cc(Br)ccc1-2)c1cc(Br)ccc1-c1ccc(Br)cc13.Brc1ccc2c(c1)C13c4cc(Br)ccc4-c4ccc(Br)cc4C1(c1cc(Br)ccc1-2)c1cc(Br)ccc1-c1ccc(Br)cc13. The molecule has 0 aliphatic heterocycles. The molecule has 0 aromatic heterocycles. The van der Waals surface area contributed by atoms with E-state index in [0.717, 1.165) is 53.7 Å². The highest BCUT2D eigenvalue weighted by molar-refractivity contribution is 9.12. The van der Waals surface area contributed by atoms with E-state index < -0.39 is 21.7 Å². The zero-order valence-electron chi connectivity index (χ0n) is 45.3. The third kappa shape index (κ3) is 7.69. The van der Waals surface area contributed by atoms with Crippen molar-refractivity contribution < 1.29 is 0 Å². The molecule has 424 valence electrons. The lowest BCUT2D eigenvalue weighted by Crippen LogP contribution is -2.58. The van der Waals surface area contributed by atoms with Gasteiger partial charge in [0.25, 0.3) is 0 Å². The van der Waals surface area contributed by atoms with E-state index in [9.17, 15) is 0 Å². The predicted octanol–water partition coefficient (Wildman–Crippen LogP) is 27.1. The van der Waals surface area contributed by atoms with Gasteiger partial charge in [0.2, 0.25) is 0 Å². The van der Waals surface area contributed by atoms with Gasteiger partial charge in [0.05, 0.1) is 21.7 Å². The number of benzene rings is 12. The minimum absolute atomic E-state index is 0.625. The summed E-state index contributed by atoms with van der Waals surface area (Å²) in [4.78, 5) is 0. The molecule has 6 aliphatic rings. The van der Waals surface area contributed by atoms with Crippen LogP contribution < -0.4 is 0 Å². The second kappa shape index (κ2) is 21.0. The maximum atomic E-state index is 3.92. The molecule has 88 heavy (non-hydrogen) atoms. The van der Waals surface area contributed by atoms with Crippen LogP contribution in [0.15, 0.2) is 272 Å². The van der Waals surface area contributed by atoms with Gasteiger partial charge in [0.15, 0.2) is 0 Å². The second-order valence-corrected chi connectivity index (χ2v) is 34.3. The smallest absolute Gasteiger partial charge is 0.0529 e. The lowest BCUT2D eigenvalue weighted by atomic mass is 9.38. The molecule has 12 aromatic carbocycles. The van der Waals surface area contributed by atoms with Crippen LogP contribution in [-0.2, 0) is 21.7 Å². The maximum absolute atomic E-state index is 3.92. The van der Waals surface area contributed by atoms with Gasteiger partial charge < -0.3 is 0 Å². The van der Waals surface area contributed by atoms with E-state index in [-0.39, 0.29) is 0 Å². The van der Waals surface area contributed by atoms with Crippen LogP contribution in [-0.4, -0.2) is 0 Å². The zero-order chi connectivity index (χ0) is 60.2. The van der Waals surface area contributed by atoms with E-state index in [4.69, 9.17) is 0 Å². The average Bonchev–Trinajstić information content (AvgIpc) is 0.646. The molecule has 0 heterocycles. The van der Waals surface area contributed by atoms with Crippen molar-refractivity contribution >= 4 is 191 Å². The van der Waals surface area contributed by atoms with E-state index in [1.54, 1.807) is 0 Å². The van der Waals surface area contributed by atoms with Crippen molar-refractivity contribution in [3.8, 4) is 66.8 Å². The first-order valence-electron chi connectivity index (χ1n) is 28.1. The molecule has 0 bridgehead atoms. The van der Waals surface area contributed by atoms with Gasteiger partial charge in [-0.1, -0.05) is 264 Å². The van der Waals surface area contributed by atoms with Crippen molar-refractivity contribution in [2.75, 3.05) is 0 Å². The van der Waals surface area contributed by atoms with E-state index in [1.807, 2.05) is 0 Å². The summed E-state index contributed by atoms with van der Waals surface area (Å²) in [6.45, 7) is 0. The van der Waals surface area contributed by atoms with Gasteiger partial charge in [-0.05, 0) is 279 Å². The van der Waals surface area contributed by atoms with Gasteiger partial charge >= 0.3 is 0 Å². The Hall–Kier alpha value is -3.60. The summed E-state index contributed by atoms with van der Waals surface area (Å²) >= 11 is 47.1. The van der Waals surface area contributed by atoms with Gasteiger partial charge in [0, 0.05) is 53.7 Å². The van der Waals surface area contributed by atoms with Crippen molar-refractivity contribution in [2.24, 2.45) is 0 Å². The first-order chi connectivity index (χ1) is 42.5. The fourth-order valence-corrected chi connectivity index (χ4v) is 21.2. The summed E-state index contributed by atoms with van der Waals surface area (Å²) in [7, 11) is 0. The fraction of sp³-hybridized carbons (Fsp3) is 0.0526. The number of rotatable bonds is 0. The van der Waals surface area contributed by atoms with E-state index >= 15 is 0 Å². The third-order valence-corrected chi connectivity index (χ3v) is 25.4. The van der Waals surface area contributed by atoms with Crippen LogP contribution in [0.5, 0.6) is 0 Å². The Morgan fingerprint density at radius 2 is 0.205 bits per heavy atom. The molecule has 12 heteroatoms. The Kier molecular flexibility index (Phi) is 13.9. The minimum atomic E-state index is -0.625. The summed E-state index contributed by atoms with van der Waals surface area (Å²) in [5.74, 6) is 0. The van der Waals surface area contributed by atoms with E-state index in [1.165, 1.54) is 134 Å². The van der Waals surface area contributed by atoms with Crippen molar-refractivity contribution in [1.29, 1.82) is 0 Å². The minimum Gasteiger partial charge on any atom is -0.0529 e. The molecular weight excluding hydrogens is 1870 g/mol. The number of hydrogen-bond donors (Lipinski definition) is 0. The van der Waals surface area contributed by atoms with Gasteiger partial charge in [-0.2, -0.15) is 0 Å². The fourth-order valence-electron chi connectivity index (χ4n) is 16.9. The number of hydrogen-bond acceptors (Lipinski definition) is 0. The highest BCUT2D eigenvalue weighted by atomic mass is 79.9. The van der Waals surface area contributed by atoms with Gasteiger partial charge in [-0.25, -0.2) is 0 Å². The Bertz CT molecular complexity index is 4030. The monoisotopic (exact) mass is 1900 g/mol. The van der Waals surface area contributed by atoms with Gasteiger partial charge in [-0.3, -0.25) is 0 Å². The molecule has 0 radical (unpaired) electrons. The Morgan fingerprint density at radius 3 is 0.284 bits per heavy atom. The van der Waals surface area contributed by atoms with Crippen molar-refractivity contribution in [3.05, 3.63) is 339 Å². The quantitative estimate of drug-likeness (QED) is 0.142. The second-order valence-electron chi connectivity index (χ2n) is 23.3. The van der Waals surface area contributed by atoms with Crippen LogP contribution in [0.4, 0.5) is 0 Å². The first kappa shape index (κ1) is 58.2. The van der Waals surface area contributed by atoms with Crippen LogP contribution in [0.1, 0.15) is 66.8 Å². The molecular formula is C76H36Br12. The number of halogens is 12. The Morgan fingerprint density at radius 1 is 0.125 bits per heavy atom. The normalized spacial score (nSPS) is 19.8. The summed E-state index contributed by atoms with van der Waals surface area (Å²) in [6.07, 6.45) is 0. The van der Waals surface area contributed by atoms with Crippen molar-refractivity contribution in [1.82, 2.24) is 0 Å². The third-order valence-electron chi connectivity index (χ3n) is 19.5. The lowest BCUT2D eigenvalue weighted by molar-refractivity contribution is 0.404. The predicted molar refractivity (Wildman–Crippen MR) is 403 cm³/mol. The molecule has 0 atom stereocenters. The van der Waals surface area contributed by atoms with E-state index in [2.05, 4.69) is 410 Å². The Balaban J connectivity index is 0.000000137. The maximum Gasteiger partial charge on any atom is 0.0649 e. The molecule has 0 spiro atoms. The molecule has 0 nitrogen and oxygen atoms in total. The molecule has 0 N–H and O–H groups in total. The largest absolute Gasteiger partial charge is 0.0649 e. The Labute approximate surface area is 610 Å². The average molecular weight is 1910 g/mol. The molecule has 0 amide bonds. The van der Waals surface area contributed by atoms with Gasteiger partial charge in [0.1, 0.15) is 0 Å². The molecule has 6 aliphatic carbocycles. The van der Waals surface area contributed by atoms with E-state index in [0.29, 0.717) is 0 Å². The summed E-state index contributed by atoms with van der Waals surface area (Å²) in [5.41, 5.74) is 28.0. The molecule has 0 unspecified atom stereocenters. The summed E-state index contributed by atoms with van der Waals surface area (Å²) in [5, 5.41) is 0. The summed E-state index contributed by atoms with van der Waals surface area (Å²) in [6, 6.07) is 82.2. The standard InChI is InChI=1S/2C38H18Br6/c2*39-19-1-7-25-26-8-2-20(40)14-32(26)38-35-17-23(43)5-11-29(35)27-9-3-21(41)15-33(27)37(38,31(25)13-19)34-16-22(42)4-10-28(34)30-12-6-24(44)18-36(30)38/h2*1-18H. The highest BCUT2D eigenvalue weighted by Crippen LogP contribution is 2.76. The summed E-state index contributed by atoms with van der Waals surface area (Å²) < 4.78 is 12.8. The van der Waals surface area contributed by atoms with Crippen LogP contribution in [0.25, 0.3) is 66.8 Å². The molecule has 0 fully saturated rings. The van der Waals surface area contributed by atoms with Crippen LogP contribution in [0.3, 0.4) is 0 Å². The van der Waals surface area contributed by atoms with Crippen molar-refractivity contribution in [3.63, 3.8) is 0 Å². The highest BCUT2D eigenvalue weighted by Gasteiger charge is 2.69.